The third-order valence-electron chi connectivity index (χ3n) is 2.00. The Morgan fingerprint density at radius 3 is 2.94 bits per heavy atom. The Bertz CT molecular complexity index is 516. The van der Waals surface area contributed by atoms with Crippen LogP contribution in [0.3, 0.4) is 0 Å². The van der Waals surface area contributed by atoms with Gasteiger partial charge in [-0.1, -0.05) is 17.7 Å². The largest absolute Gasteiger partial charge is 0.435 e. The summed E-state index contributed by atoms with van der Waals surface area (Å²) in [5.41, 5.74) is 7.09. The van der Waals surface area contributed by atoms with Crippen molar-refractivity contribution in [2.24, 2.45) is 0 Å². The van der Waals surface area contributed by atoms with Crippen molar-refractivity contribution in [3.63, 3.8) is 0 Å². The van der Waals surface area contributed by atoms with Crippen LogP contribution in [0.2, 0.25) is 5.02 Å². The Labute approximate surface area is 98.0 Å². The number of nitrogen functional groups attached to an aromatic ring is 1. The third kappa shape index (κ3) is 2.23. The maximum atomic E-state index is 5.99. The van der Waals surface area contributed by atoms with Crippen LogP contribution in [0.5, 0.6) is 11.6 Å². The van der Waals surface area contributed by atoms with Crippen LogP contribution in [-0.4, -0.2) is 9.97 Å². The fourth-order valence-corrected chi connectivity index (χ4v) is 1.36. The molecule has 0 amide bonds. The zero-order valence-corrected chi connectivity index (χ0v) is 9.40. The summed E-state index contributed by atoms with van der Waals surface area (Å²) in [7, 11) is 0. The van der Waals surface area contributed by atoms with Gasteiger partial charge < -0.3 is 10.5 Å². The van der Waals surface area contributed by atoms with E-state index < -0.39 is 0 Å². The highest BCUT2D eigenvalue weighted by Gasteiger charge is 2.07. The molecule has 0 aliphatic carbocycles. The topological polar surface area (TPSA) is 61.0 Å². The van der Waals surface area contributed by atoms with Crippen LogP contribution >= 0.6 is 11.6 Å². The van der Waals surface area contributed by atoms with Gasteiger partial charge in [0.25, 0.3) is 0 Å². The van der Waals surface area contributed by atoms with Crippen molar-refractivity contribution in [2.45, 2.75) is 6.92 Å². The molecule has 0 fully saturated rings. The van der Waals surface area contributed by atoms with Crippen molar-refractivity contribution in [1.82, 2.24) is 9.97 Å². The van der Waals surface area contributed by atoms with Gasteiger partial charge in [-0.3, -0.25) is 0 Å². The highest BCUT2D eigenvalue weighted by molar-refractivity contribution is 6.32. The van der Waals surface area contributed by atoms with E-state index in [2.05, 4.69) is 9.97 Å². The molecule has 5 heteroatoms. The average molecular weight is 236 g/mol. The van der Waals surface area contributed by atoms with Crippen molar-refractivity contribution < 1.29 is 4.74 Å². The molecule has 16 heavy (non-hydrogen) atoms. The number of ether oxygens (including phenoxy) is 1. The van der Waals surface area contributed by atoms with Gasteiger partial charge in [-0.25, -0.2) is 4.98 Å². The summed E-state index contributed by atoms with van der Waals surface area (Å²) in [5.74, 6) is 0.842. The van der Waals surface area contributed by atoms with Crippen molar-refractivity contribution in [2.75, 3.05) is 5.73 Å². The highest BCUT2D eigenvalue weighted by atomic mass is 35.5. The molecule has 0 spiro atoms. The first-order valence-electron chi connectivity index (χ1n) is 4.66. The molecule has 2 N–H and O–H groups in total. The molecule has 0 atom stereocenters. The minimum absolute atomic E-state index is 0.308. The molecule has 1 aromatic heterocycles. The van der Waals surface area contributed by atoms with Gasteiger partial charge in [0.15, 0.2) is 0 Å². The lowest BCUT2D eigenvalue weighted by molar-refractivity contribution is 0.464. The maximum absolute atomic E-state index is 5.99. The Balaban J connectivity index is 2.34. The normalized spacial score (nSPS) is 10.1. The lowest BCUT2D eigenvalue weighted by Gasteiger charge is -2.08. The van der Waals surface area contributed by atoms with E-state index in [-0.39, 0.29) is 0 Å². The Morgan fingerprint density at radius 1 is 1.38 bits per heavy atom. The number of aryl methyl sites for hydroxylation is 1. The molecule has 0 saturated carbocycles. The van der Waals surface area contributed by atoms with Crippen molar-refractivity contribution in [3.8, 4) is 11.6 Å². The first kappa shape index (κ1) is 10.7. The molecule has 4 nitrogen and oxygen atoms in total. The van der Waals surface area contributed by atoms with Gasteiger partial charge in [-0.05, 0) is 24.6 Å². The van der Waals surface area contributed by atoms with Crippen molar-refractivity contribution in [1.29, 1.82) is 0 Å². The zero-order chi connectivity index (χ0) is 11.5. The number of anilines is 1. The number of halogens is 1. The van der Waals surface area contributed by atoms with Gasteiger partial charge in [0.1, 0.15) is 17.8 Å². The lowest BCUT2D eigenvalue weighted by atomic mass is 10.2. The Morgan fingerprint density at radius 2 is 2.19 bits per heavy atom. The second-order valence-corrected chi connectivity index (χ2v) is 3.73. The maximum Gasteiger partial charge on any atom is 0.245 e. The molecule has 0 aliphatic rings. The smallest absolute Gasteiger partial charge is 0.245 e. The van der Waals surface area contributed by atoms with Crippen LogP contribution in [0, 0.1) is 6.92 Å². The average Bonchev–Trinajstić information content (AvgIpc) is 2.27. The molecule has 82 valence electrons. The van der Waals surface area contributed by atoms with E-state index in [0.29, 0.717) is 22.3 Å². The van der Waals surface area contributed by atoms with Gasteiger partial charge >= 0.3 is 0 Å². The van der Waals surface area contributed by atoms with Gasteiger partial charge in [0, 0.05) is 0 Å². The number of benzene rings is 1. The molecule has 1 aromatic carbocycles. The van der Waals surface area contributed by atoms with Crippen LogP contribution in [0.25, 0.3) is 0 Å². The summed E-state index contributed by atoms with van der Waals surface area (Å²) in [5, 5.41) is 0.517. The minimum atomic E-state index is 0.308. The van der Waals surface area contributed by atoms with Gasteiger partial charge in [0.2, 0.25) is 5.88 Å². The molecular weight excluding hydrogens is 226 g/mol. The summed E-state index contributed by atoms with van der Waals surface area (Å²) in [4.78, 5) is 7.70. The highest BCUT2D eigenvalue weighted by Crippen LogP contribution is 2.31. The molecule has 0 unspecified atom stereocenters. The summed E-state index contributed by atoms with van der Waals surface area (Å²) in [6, 6.07) is 5.49. The summed E-state index contributed by atoms with van der Waals surface area (Å²) in [6.45, 7) is 1.95. The van der Waals surface area contributed by atoms with Crippen molar-refractivity contribution in [3.05, 3.63) is 41.3 Å². The van der Waals surface area contributed by atoms with Crippen LogP contribution < -0.4 is 10.5 Å². The first-order valence-corrected chi connectivity index (χ1v) is 5.04. The van der Waals surface area contributed by atoms with Crippen LogP contribution in [-0.2, 0) is 0 Å². The van der Waals surface area contributed by atoms with Crippen molar-refractivity contribution >= 4 is 17.3 Å². The van der Waals surface area contributed by atoms with E-state index in [4.69, 9.17) is 22.1 Å². The monoisotopic (exact) mass is 235 g/mol. The fourth-order valence-electron chi connectivity index (χ4n) is 1.21. The number of nitrogens with two attached hydrogens (primary N) is 1. The predicted molar refractivity (Wildman–Crippen MR) is 62.7 cm³/mol. The molecule has 0 saturated heterocycles. The second kappa shape index (κ2) is 4.37. The standard InChI is InChI=1S/C11H10ClN3O/c1-7-2-3-8(12)10(4-7)16-11-9(13)5-14-6-15-11/h2-6H,13H2,1H3. The molecule has 0 radical (unpaired) electrons. The Kier molecular flexibility index (Phi) is 2.92. The molecule has 2 aromatic rings. The summed E-state index contributed by atoms with van der Waals surface area (Å²) < 4.78 is 5.51. The summed E-state index contributed by atoms with van der Waals surface area (Å²) in [6.07, 6.45) is 2.85. The third-order valence-corrected chi connectivity index (χ3v) is 2.31. The van der Waals surface area contributed by atoms with E-state index in [1.807, 2.05) is 19.1 Å². The van der Waals surface area contributed by atoms with Crippen LogP contribution in [0.1, 0.15) is 5.56 Å². The summed E-state index contributed by atoms with van der Waals surface area (Å²) >= 11 is 5.99. The van der Waals surface area contributed by atoms with Gasteiger partial charge in [0.05, 0.1) is 11.2 Å². The quantitative estimate of drug-likeness (QED) is 0.870. The van der Waals surface area contributed by atoms with E-state index in [9.17, 15) is 0 Å². The van der Waals surface area contributed by atoms with Crippen LogP contribution in [0.4, 0.5) is 5.69 Å². The number of hydrogen-bond donors (Lipinski definition) is 1. The number of nitrogens with zero attached hydrogens (tertiary/aromatic N) is 2. The van der Waals surface area contributed by atoms with Crippen LogP contribution in [0.15, 0.2) is 30.7 Å². The fraction of sp³-hybridized carbons (Fsp3) is 0.0909. The predicted octanol–water partition coefficient (Wildman–Crippen LogP) is 2.81. The zero-order valence-electron chi connectivity index (χ0n) is 8.64. The second-order valence-electron chi connectivity index (χ2n) is 3.32. The number of hydrogen-bond acceptors (Lipinski definition) is 4. The number of rotatable bonds is 2. The molecule has 1 heterocycles. The SMILES string of the molecule is Cc1ccc(Cl)c(Oc2ncncc2N)c1. The first-order chi connectivity index (χ1) is 7.66. The molecule has 2 rings (SSSR count). The van der Waals surface area contributed by atoms with E-state index >= 15 is 0 Å². The van der Waals surface area contributed by atoms with Gasteiger partial charge in [-0.2, -0.15) is 4.98 Å². The van der Waals surface area contributed by atoms with E-state index in [0.717, 1.165) is 5.56 Å². The Hall–Kier alpha value is -1.81. The van der Waals surface area contributed by atoms with Gasteiger partial charge in [-0.15, -0.1) is 0 Å². The number of aromatic nitrogens is 2. The molecule has 0 aliphatic heterocycles. The molecule has 0 bridgehead atoms. The van der Waals surface area contributed by atoms with E-state index in [1.54, 1.807) is 6.07 Å². The molecular formula is C11H10ClN3O. The van der Waals surface area contributed by atoms with E-state index in [1.165, 1.54) is 12.5 Å². The minimum Gasteiger partial charge on any atom is -0.435 e. The lowest BCUT2D eigenvalue weighted by Crippen LogP contribution is -1.96.